The molecule has 2 aromatic heterocycles. The van der Waals surface area contributed by atoms with Gasteiger partial charge in [-0.25, -0.2) is 4.79 Å². The zero-order chi connectivity index (χ0) is 16.5. The Labute approximate surface area is 137 Å². The van der Waals surface area contributed by atoms with Crippen LogP contribution in [0.5, 0.6) is 0 Å². The van der Waals surface area contributed by atoms with E-state index in [1.807, 2.05) is 42.5 Å². The maximum absolute atomic E-state index is 11.5. The molecule has 0 saturated heterocycles. The molecule has 2 aromatic carbocycles. The minimum absolute atomic E-state index is 0.368. The van der Waals surface area contributed by atoms with E-state index in [0.29, 0.717) is 12.1 Å². The van der Waals surface area contributed by atoms with Gasteiger partial charge in [0.1, 0.15) is 5.69 Å². The van der Waals surface area contributed by atoms with Crippen LogP contribution in [0.25, 0.3) is 16.8 Å². The number of fused-ring (bicyclic) bond motifs is 1. The summed E-state index contributed by atoms with van der Waals surface area (Å²) < 4.78 is 6.67. The second-order valence-electron chi connectivity index (χ2n) is 5.42. The fourth-order valence-electron chi connectivity index (χ4n) is 2.50. The lowest BCUT2D eigenvalue weighted by Crippen LogP contribution is -2.08. The van der Waals surface area contributed by atoms with Gasteiger partial charge in [-0.05, 0) is 24.3 Å². The number of anilines is 1. The van der Waals surface area contributed by atoms with E-state index in [0.717, 1.165) is 22.6 Å². The Morgan fingerprint density at radius 2 is 2.00 bits per heavy atom. The molecule has 0 aliphatic rings. The summed E-state index contributed by atoms with van der Waals surface area (Å²) in [7, 11) is 1.68. The smallest absolute Gasteiger partial charge is 0.408 e. The van der Waals surface area contributed by atoms with Crippen molar-refractivity contribution in [1.29, 1.82) is 0 Å². The highest BCUT2D eigenvalue weighted by Gasteiger charge is 2.07. The molecule has 0 aliphatic heterocycles. The first kappa shape index (κ1) is 14.3. The molecule has 0 atom stereocenters. The van der Waals surface area contributed by atoms with E-state index in [-0.39, 0.29) is 5.76 Å². The number of para-hydroxylation sites is 1. The predicted octanol–water partition coefficient (Wildman–Crippen LogP) is 2.32. The molecule has 7 nitrogen and oxygen atoms in total. The highest BCUT2D eigenvalue weighted by Crippen LogP contribution is 2.18. The molecule has 4 rings (SSSR count). The normalized spacial score (nSPS) is 11.0. The van der Waals surface area contributed by atoms with Gasteiger partial charge in [-0.1, -0.05) is 18.2 Å². The van der Waals surface area contributed by atoms with E-state index in [1.165, 1.54) is 4.57 Å². The van der Waals surface area contributed by atoms with Crippen LogP contribution in [0.3, 0.4) is 0 Å². The van der Waals surface area contributed by atoms with Crippen molar-refractivity contribution in [1.82, 2.24) is 19.6 Å². The number of benzene rings is 2. The molecule has 0 spiro atoms. The predicted molar refractivity (Wildman–Crippen MR) is 90.1 cm³/mol. The van der Waals surface area contributed by atoms with Crippen molar-refractivity contribution >= 4 is 16.8 Å². The molecule has 0 fully saturated rings. The van der Waals surface area contributed by atoms with Crippen LogP contribution in [0.2, 0.25) is 0 Å². The van der Waals surface area contributed by atoms with Crippen LogP contribution in [-0.2, 0) is 13.6 Å². The molecule has 4 aromatic rings. The maximum atomic E-state index is 11.5. The summed E-state index contributed by atoms with van der Waals surface area (Å²) >= 11 is 0. The van der Waals surface area contributed by atoms with Gasteiger partial charge in [0, 0.05) is 18.8 Å². The average Bonchev–Trinajstić information content (AvgIpc) is 3.19. The molecular weight excluding hydrogens is 306 g/mol. The second-order valence-corrected chi connectivity index (χ2v) is 5.42. The van der Waals surface area contributed by atoms with E-state index >= 15 is 0 Å². The highest BCUT2D eigenvalue weighted by atomic mass is 16.4. The zero-order valence-electron chi connectivity index (χ0n) is 13.0. The summed E-state index contributed by atoms with van der Waals surface area (Å²) in [6.45, 7) is 0.523. The molecule has 24 heavy (non-hydrogen) atoms. The van der Waals surface area contributed by atoms with Crippen LogP contribution in [0.15, 0.2) is 63.9 Å². The third kappa shape index (κ3) is 2.56. The number of nitrogens with zero attached hydrogens (tertiary/aromatic N) is 4. The van der Waals surface area contributed by atoms with E-state index in [4.69, 9.17) is 4.42 Å². The summed E-state index contributed by atoms with van der Waals surface area (Å²) in [5.74, 6) is -0.368. The second kappa shape index (κ2) is 5.69. The van der Waals surface area contributed by atoms with Crippen molar-refractivity contribution in [2.75, 3.05) is 5.32 Å². The van der Waals surface area contributed by atoms with Crippen molar-refractivity contribution < 1.29 is 4.42 Å². The number of nitrogens with one attached hydrogen (secondary N) is 1. The van der Waals surface area contributed by atoms with Crippen molar-refractivity contribution in [2.45, 2.75) is 6.54 Å². The van der Waals surface area contributed by atoms with E-state index in [1.54, 1.807) is 24.1 Å². The molecule has 0 amide bonds. The fraction of sp³-hybridized carbons (Fsp3) is 0.118. The largest absolute Gasteiger partial charge is 0.419 e. The van der Waals surface area contributed by atoms with E-state index in [9.17, 15) is 4.79 Å². The molecule has 0 radical (unpaired) electrons. The molecule has 0 aliphatic carbocycles. The van der Waals surface area contributed by atoms with Gasteiger partial charge in [-0.2, -0.15) is 15.0 Å². The van der Waals surface area contributed by atoms with Crippen molar-refractivity contribution in [3.63, 3.8) is 0 Å². The first-order valence-corrected chi connectivity index (χ1v) is 7.51. The quantitative estimate of drug-likeness (QED) is 0.624. The summed E-state index contributed by atoms with van der Waals surface area (Å²) in [6, 6.07) is 15.3. The zero-order valence-corrected chi connectivity index (χ0v) is 13.0. The van der Waals surface area contributed by atoms with Crippen LogP contribution >= 0.6 is 0 Å². The van der Waals surface area contributed by atoms with Crippen molar-refractivity contribution in [3.05, 3.63) is 71.0 Å². The van der Waals surface area contributed by atoms with E-state index < -0.39 is 0 Å². The SMILES string of the molecule is Cn1c(=O)oc2cc(NCc3cnn(-c4ccccc4)n3)ccc21. The summed E-state index contributed by atoms with van der Waals surface area (Å²) in [4.78, 5) is 13.1. The molecule has 7 heteroatoms. The Morgan fingerprint density at radius 1 is 1.17 bits per heavy atom. The van der Waals surface area contributed by atoms with Gasteiger partial charge >= 0.3 is 5.76 Å². The number of oxazole rings is 1. The fourth-order valence-corrected chi connectivity index (χ4v) is 2.50. The minimum Gasteiger partial charge on any atom is -0.408 e. The Balaban J connectivity index is 1.51. The minimum atomic E-state index is -0.368. The molecular formula is C17H15N5O2. The molecule has 0 unspecified atom stereocenters. The lowest BCUT2D eigenvalue weighted by molar-refractivity contribution is 0.528. The Kier molecular flexibility index (Phi) is 3.38. The molecule has 0 saturated carbocycles. The van der Waals surface area contributed by atoms with E-state index in [2.05, 4.69) is 15.5 Å². The number of aryl methyl sites for hydroxylation is 1. The van der Waals surface area contributed by atoms with Crippen LogP contribution in [0.1, 0.15) is 5.69 Å². The molecule has 1 N–H and O–H groups in total. The van der Waals surface area contributed by atoms with Gasteiger partial charge in [0.15, 0.2) is 5.58 Å². The topological polar surface area (TPSA) is 77.9 Å². The number of rotatable bonds is 4. The Morgan fingerprint density at radius 3 is 2.83 bits per heavy atom. The van der Waals surface area contributed by atoms with Gasteiger partial charge in [0.25, 0.3) is 0 Å². The van der Waals surface area contributed by atoms with Crippen LogP contribution in [0, 0.1) is 0 Å². The Hall–Kier alpha value is -3.35. The molecule has 120 valence electrons. The van der Waals surface area contributed by atoms with Crippen LogP contribution < -0.4 is 11.1 Å². The third-order valence-electron chi connectivity index (χ3n) is 3.79. The van der Waals surface area contributed by atoms with Gasteiger partial charge in [0.2, 0.25) is 0 Å². The van der Waals surface area contributed by atoms with Gasteiger partial charge in [0.05, 0.1) is 23.9 Å². The molecule has 2 heterocycles. The standard InChI is InChI=1S/C17H15N5O2/c1-21-15-8-7-12(9-16(15)24-17(21)23)18-10-13-11-19-22(20-13)14-5-3-2-4-6-14/h2-9,11,18H,10H2,1H3. The third-order valence-corrected chi connectivity index (χ3v) is 3.79. The molecule has 0 bridgehead atoms. The first-order valence-electron chi connectivity index (χ1n) is 7.51. The van der Waals surface area contributed by atoms with Crippen molar-refractivity contribution in [3.8, 4) is 5.69 Å². The average molecular weight is 321 g/mol. The van der Waals surface area contributed by atoms with Crippen molar-refractivity contribution in [2.24, 2.45) is 7.05 Å². The lowest BCUT2D eigenvalue weighted by Gasteiger charge is -2.04. The van der Waals surface area contributed by atoms with Gasteiger partial charge < -0.3 is 9.73 Å². The summed E-state index contributed by atoms with van der Waals surface area (Å²) in [5.41, 5.74) is 3.90. The first-order chi connectivity index (χ1) is 11.7. The number of hydrogen-bond donors (Lipinski definition) is 1. The number of aromatic nitrogens is 4. The summed E-state index contributed by atoms with van der Waals surface area (Å²) in [6.07, 6.45) is 1.72. The summed E-state index contributed by atoms with van der Waals surface area (Å²) in [5, 5.41) is 12.0. The van der Waals surface area contributed by atoms with Crippen LogP contribution in [0.4, 0.5) is 5.69 Å². The highest BCUT2D eigenvalue weighted by molar-refractivity contribution is 5.77. The monoisotopic (exact) mass is 321 g/mol. The Bertz CT molecular complexity index is 1050. The lowest BCUT2D eigenvalue weighted by atomic mass is 10.3. The maximum Gasteiger partial charge on any atom is 0.419 e. The number of hydrogen-bond acceptors (Lipinski definition) is 5. The van der Waals surface area contributed by atoms with Gasteiger partial charge in [-0.3, -0.25) is 4.57 Å². The van der Waals surface area contributed by atoms with Crippen LogP contribution in [-0.4, -0.2) is 19.6 Å². The van der Waals surface area contributed by atoms with Gasteiger partial charge in [-0.15, -0.1) is 0 Å².